The lowest BCUT2D eigenvalue weighted by molar-refractivity contribution is -0.140. The van der Waals surface area contributed by atoms with Gasteiger partial charge in [0.25, 0.3) is 0 Å². The first kappa shape index (κ1) is 22.6. The van der Waals surface area contributed by atoms with Crippen molar-refractivity contribution in [1.29, 1.82) is 0 Å². The number of thiazole rings is 1. The third-order valence-electron chi connectivity index (χ3n) is 2.99. The van der Waals surface area contributed by atoms with Crippen LogP contribution in [0.3, 0.4) is 0 Å². The van der Waals surface area contributed by atoms with E-state index >= 15 is 0 Å². The van der Waals surface area contributed by atoms with Gasteiger partial charge in [-0.2, -0.15) is 13.2 Å². The molecule has 0 atom stereocenters. The molecular formula is C14H17BrF3IN4S2. The van der Waals surface area contributed by atoms with Crippen LogP contribution in [0.1, 0.15) is 15.6 Å². The van der Waals surface area contributed by atoms with Crippen LogP contribution in [0, 0.1) is 0 Å². The highest BCUT2D eigenvalue weighted by molar-refractivity contribution is 14.0. The maximum absolute atomic E-state index is 12.5. The lowest BCUT2D eigenvalue weighted by atomic mass is 10.3. The van der Waals surface area contributed by atoms with Crippen molar-refractivity contribution in [3.63, 3.8) is 0 Å². The van der Waals surface area contributed by atoms with Gasteiger partial charge in [0, 0.05) is 36.8 Å². The summed E-state index contributed by atoms with van der Waals surface area (Å²) in [6.07, 6.45) is -3.09. The Bertz CT molecular complexity index is 688. The number of nitrogens with one attached hydrogen (secondary N) is 2. The quantitative estimate of drug-likeness (QED) is 0.305. The fraction of sp³-hybridized carbons (Fsp3) is 0.429. The van der Waals surface area contributed by atoms with Crippen LogP contribution in [0.5, 0.6) is 0 Å². The Hall–Kier alpha value is -0.400. The summed E-state index contributed by atoms with van der Waals surface area (Å²) < 4.78 is 38.6. The van der Waals surface area contributed by atoms with E-state index in [-0.39, 0.29) is 24.0 Å². The normalized spacial score (nSPS) is 12.0. The number of guanidine groups is 1. The maximum atomic E-state index is 12.5. The van der Waals surface area contributed by atoms with Crippen molar-refractivity contribution in [1.82, 2.24) is 15.6 Å². The van der Waals surface area contributed by atoms with Crippen LogP contribution < -0.4 is 10.6 Å². The molecule has 4 nitrogen and oxygen atoms in total. The molecule has 0 aliphatic rings. The van der Waals surface area contributed by atoms with Gasteiger partial charge in [-0.15, -0.1) is 46.7 Å². The zero-order valence-electron chi connectivity index (χ0n) is 13.2. The first-order chi connectivity index (χ1) is 11.4. The second kappa shape index (κ2) is 10.7. The predicted octanol–water partition coefficient (Wildman–Crippen LogP) is 4.55. The number of rotatable bonds is 6. The fourth-order valence-corrected chi connectivity index (χ4v) is 4.14. The zero-order valence-corrected chi connectivity index (χ0v) is 18.7. The molecule has 2 aromatic heterocycles. The molecule has 0 saturated heterocycles. The summed E-state index contributed by atoms with van der Waals surface area (Å²) in [4.78, 5) is 8.95. The van der Waals surface area contributed by atoms with E-state index in [2.05, 4.69) is 42.6 Å². The van der Waals surface area contributed by atoms with Gasteiger partial charge < -0.3 is 10.6 Å². The molecule has 2 heterocycles. The van der Waals surface area contributed by atoms with E-state index in [4.69, 9.17) is 0 Å². The molecule has 0 fully saturated rings. The van der Waals surface area contributed by atoms with Gasteiger partial charge in [-0.1, -0.05) is 0 Å². The molecule has 0 spiro atoms. The van der Waals surface area contributed by atoms with Crippen molar-refractivity contribution in [3.05, 3.63) is 36.9 Å². The number of aromatic nitrogens is 1. The van der Waals surface area contributed by atoms with Gasteiger partial charge in [-0.3, -0.25) is 4.99 Å². The van der Waals surface area contributed by atoms with Crippen LogP contribution in [0.2, 0.25) is 0 Å². The molecule has 0 unspecified atom stereocenters. The summed E-state index contributed by atoms with van der Waals surface area (Å²) in [5.74, 6) is 0.623. The highest BCUT2D eigenvalue weighted by atomic mass is 127. The van der Waals surface area contributed by atoms with Crippen LogP contribution in [0.25, 0.3) is 0 Å². The SMILES string of the molecule is CN=C(NCCc1ccc(Br)s1)NCCc1nc(C(F)(F)F)cs1.I. The largest absolute Gasteiger partial charge is 0.434 e. The molecular weight excluding hydrogens is 552 g/mol. The second-order valence-corrected chi connectivity index (χ2v) is 8.25. The van der Waals surface area contributed by atoms with E-state index in [9.17, 15) is 13.2 Å². The Morgan fingerprint density at radius 3 is 2.44 bits per heavy atom. The van der Waals surface area contributed by atoms with Crippen LogP contribution in [0.15, 0.2) is 26.3 Å². The van der Waals surface area contributed by atoms with Gasteiger partial charge in [0.2, 0.25) is 0 Å². The smallest absolute Gasteiger partial charge is 0.356 e. The molecule has 2 aromatic rings. The van der Waals surface area contributed by atoms with Crippen LogP contribution in [-0.4, -0.2) is 31.1 Å². The van der Waals surface area contributed by atoms with Crippen molar-refractivity contribution < 1.29 is 13.2 Å². The second-order valence-electron chi connectivity index (χ2n) is 4.76. The van der Waals surface area contributed by atoms with E-state index < -0.39 is 11.9 Å². The predicted molar refractivity (Wildman–Crippen MR) is 111 cm³/mol. The third kappa shape index (κ3) is 7.79. The van der Waals surface area contributed by atoms with Gasteiger partial charge in [0.15, 0.2) is 11.7 Å². The zero-order chi connectivity index (χ0) is 17.6. The van der Waals surface area contributed by atoms with E-state index in [1.165, 1.54) is 4.88 Å². The molecule has 0 aliphatic carbocycles. The van der Waals surface area contributed by atoms with Crippen molar-refractivity contribution in [2.45, 2.75) is 19.0 Å². The molecule has 0 aliphatic heterocycles. The molecule has 11 heteroatoms. The standard InChI is InChI=1S/C14H16BrF3N4S2.HI/c1-19-13(20-6-4-9-2-3-11(15)24-9)21-7-5-12-22-10(8-23-12)14(16,17)18;/h2-3,8H,4-7H2,1H3,(H2,19,20,21);1H. The number of nitrogens with zero attached hydrogens (tertiary/aromatic N) is 2. The number of thiophene rings is 1. The third-order valence-corrected chi connectivity index (χ3v) is 5.58. The highest BCUT2D eigenvalue weighted by Gasteiger charge is 2.33. The molecule has 0 saturated carbocycles. The number of aliphatic imine (C=N–C) groups is 1. The minimum atomic E-state index is -4.38. The Kier molecular flexibility index (Phi) is 9.67. The molecule has 2 rings (SSSR count). The van der Waals surface area contributed by atoms with E-state index in [0.29, 0.717) is 23.9 Å². The Balaban J connectivity index is 0.00000312. The van der Waals surface area contributed by atoms with Crippen molar-refractivity contribution in [2.24, 2.45) is 4.99 Å². The highest BCUT2D eigenvalue weighted by Crippen LogP contribution is 2.30. The average molecular weight is 569 g/mol. The number of alkyl halides is 3. The maximum Gasteiger partial charge on any atom is 0.434 e. The van der Waals surface area contributed by atoms with E-state index in [1.54, 1.807) is 18.4 Å². The van der Waals surface area contributed by atoms with Crippen molar-refractivity contribution in [3.8, 4) is 0 Å². The van der Waals surface area contributed by atoms with Crippen LogP contribution >= 0.6 is 62.6 Å². The Morgan fingerprint density at radius 1 is 1.24 bits per heavy atom. The van der Waals surface area contributed by atoms with Crippen LogP contribution in [-0.2, 0) is 19.0 Å². The Morgan fingerprint density at radius 2 is 1.92 bits per heavy atom. The lowest BCUT2D eigenvalue weighted by Crippen LogP contribution is -2.39. The number of hydrogen-bond donors (Lipinski definition) is 2. The summed E-state index contributed by atoms with van der Waals surface area (Å²) in [5.41, 5.74) is -0.827. The van der Waals surface area contributed by atoms with Gasteiger partial charge in [0.05, 0.1) is 8.79 Å². The summed E-state index contributed by atoms with van der Waals surface area (Å²) in [7, 11) is 1.65. The summed E-state index contributed by atoms with van der Waals surface area (Å²) >= 11 is 6.13. The fourth-order valence-electron chi connectivity index (χ4n) is 1.85. The monoisotopic (exact) mass is 568 g/mol. The summed E-state index contributed by atoms with van der Waals surface area (Å²) in [6, 6.07) is 4.07. The first-order valence-electron chi connectivity index (χ1n) is 7.09. The molecule has 0 bridgehead atoms. The molecule has 0 aromatic carbocycles. The van der Waals surface area contributed by atoms with Crippen molar-refractivity contribution in [2.75, 3.05) is 20.1 Å². The topological polar surface area (TPSA) is 49.3 Å². The minimum Gasteiger partial charge on any atom is -0.356 e. The number of halogens is 5. The van der Waals surface area contributed by atoms with Gasteiger partial charge in [-0.25, -0.2) is 4.98 Å². The van der Waals surface area contributed by atoms with Gasteiger partial charge >= 0.3 is 6.18 Å². The summed E-state index contributed by atoms with van der Waals surface area (Å²) in [5, 5.41) is 7.75. The van der Waals surface area contributed by atoms with Gasteiger partial charge in [0.1, 0.15) is 0 Å². The summed E-state index contributed by atoms with van der Waals surface area (Å²) in [6.45, 7) is 1.19. The first-order valence-corrected chi connectivity index (χ1v) is 9.57. The molecule has 140 valence electrons. The Labute approximate surface area is 177 Å². The molecule has 0 amide bonds. The average Bonchev–Trinajstić information content (AvgIpc) is 3.14. The van der Waals surface area contributed by atoms with Gasteiger partial charge in [-0.05, 0) is 34.5 Å². The van der Waals surface area contributed by atoms with E-state index in [0.717, 1.165) is 33.5 Å². The molecule has 25 heavy (non-hydrogen) atoms. The van der Waals surface area contributed by atoms with Crippen LogP contribution in [0.4, 0.5) is 13.2 Å². The lowest BCUT2D eigenvalue weighted by Gasteiger charge is -2.10. The molecule has 2 N–H and O–H groups in total. The number of hydrogen-bond acceptors (Lipinski definition) is 4. The van der Waals surface area contributed by atoms with Crippen molar-refractivity contribution >= 4 is 68.5 Å². The minimum absolute atomic E-state index is 0. The molecule has 0 radical (unpaired) electrons. The van der Waals surface area contributed by atoms with E-state index in [1.807, 2.05) is 6.07 Å².